The van der Waals surface area contributed by atoms with Gasteiger partial charge in [-0.05, 0) is 25.1 Å². The standard InChI is InChI=1S/C10H12Br2FNO2S/c1-7(6-11)14(2)17(15,16)10-4-3-8(12)5-9(10)13/h3-5,7H,6H2,1-2H3. The van der Waals surface area contributed by atoms with Gasteiger partial charge in [-0.2, -0.15) is 4.31 Å². The first kappa shape index (κ1) is 15.1. The first-order valence-corrected chi connectivity index (χ1v) is 8.15. The Balaban J connectivity index is 3.22. The molecular formula is C10H12Br2FNO2S. The molecule has 0 aliphatic carbocycles. The van der Waals surface area contributed by atoms with E-state index in [9.17, 15) is 12.8 Å². The SMILES string of the molecule is CC(CBr)N(C)S(=O)(=O)c1ccc(Br)cc1F. The number of halogens is 3. The van der Waals surface area contributed by atoms with Gasteiger partial charge in [0.2, 0.25) is 10.0 Å². The Hall–Kier alpha value is 0.0200. The van der Waals surface area contributed by atoms with Gasteiger partial charge in [-0.15, -0.1) is 0 Å². The molecule has 0 amide bonds. The molecule has 0 N–H and O–H groups in total. The molecule has 1 rings (SSSR count). The molecule has 0 aliphatic rings. The van der Waals surface area contributed by atoms with Crippen LogP contribution in [-0.4, -0.2) is 31.1 Å². The number of rotatable bonds is 4. The number of alkyl halides is 1. The van der Waals surface area contributed by atoms with E-state index in [4.69, 9.17) is 0 Å². The van der Waals surface area contributed by atoms with Gasteiger partial charge in [0.05, 0.1) is 0 Å². The Morgan fingerprint density at radius 2 is 2.06 bits per heavy atom. The van der Waals surface area contributed by atoms with E-state index in [1.807, 2.05) is 0 Å². The fourth-order valence-electron chi connectivity index (χ4n) is 1.17. The molecule has 96 valence electrons. The van der Waals surface area contributed by atoms with Crippen LogP contribution in [0, 0.1) is 5.82 Å². The molecule has 0 heterocycles. The number of hydrogen-bond acceptors (Lipinski definition) is 2. The highest BCUT2D eigenvalue weighted by Crippen LogP contribution is 2.23. The van der Waals surface area contributed by atoms with E-state index in [2.05, 4.69) is 31.9 Å². The lowest BCUT2D eigenvalue weighted by Crippen LogP contribution is -2.36. The van der Waals surface area contributed by atoms with Gasteiger partial charge in [-0.1, -0.05) is 31.9 Å². The maximum Gasteiger partial charge on any atom is 0.246 e. The number of sulfonamides is 1. The van der Waals surface area contributed by atoms with Crippen molar-refractivity contribution in [2.75, 3.05) is 12.4 Å². The highest BCUT2D eigenvalue weighted by Gasteiger charge is 2.27. The van der Waals surface area contributed by atoms with Crippen molar-refractivity contribution in [3.63, 3.8) is 0 Å². The molecule has 0 aliphatic heterocycles. The van der Waals surface area contributed by atoms with Crippen LogP contribution in [0.3, 0.4) is 0 Å². The number of nitrogens with zero attached hydrogens (tertiary/aromatic N) is 1. The number of benzene rings is 1. The first-order chi connectivity index (χ1) is 7.80. The van der Waals surface area contributed by atoms with Gasteiger partial charge in [-0.25, -0.2) is 12.8 Å². The van der Waals surface area contributed by atoms with Gasteiger partial charge in [0.25, 0.3) is 0 Å². The maximum atomic E-state index is 13.6. The van der Waals surface area contributed by atoms with Crippen molar-refractivity contribution in [2.24, 2.45) is 0 Å². The molecule has 0 saturated carbocycles. The van der Waals surface area contributed by atoms with Crippen molar-refractivity contribution in [1.82, 2.24) is 4.31 Å². The smallest absolute Gasteiger partial charge is 0.207 e. The van der Waals surface area contributed by atoms with Crippen molar-refractivity contribution in [2.45, 2.75) is 17.9 Å². The van der Waals surface area contributed by atoms with Gasteiger partial charge >= 0.3 is 0 Å². The molecule has 7 heteroatoms. The van der Waals surface area contributed by atoms with Crippen molar-refractivity contribution in [3.05, 3.63) is 28.5 Å². The maximum absolute atomic E-state index is 13.6. The highest BCUT2D eigenvalue weighted by atomic mass is 79.9. The molecule has 0 spiro atoms. The zero-order valence-corrected chi connectivity index (χ0v) is 13.3. The zero-order chi connectivity index (χ0) is 13.2. The summed E-state index contributed by atoms with van der Waals surface area (Å²) in [5, 5.41) is 0.487. The molecule has 0 radical (unpaired) electrons. The molecule has 0 fully saturated rings. The molecular weight excluding hydrogens is 377 g/mol. The molecule has 3 nitrogen and oxygen atoms in total. The Bertz CT molecular complexity index is 507. The van der Waals surface area contributed by atoms with Crippen LogP contribution < -0.4 is 0 Å². The molecule has 0 saturated heterocycles. The normalized spacial score (nSPS) is 14.0. The number of hydrogen-bond donors (Lipinski definition) is 0. The van der Waals surface area contributed by atoms with E-state index in [0.717, 1.165) is 10.4 Å². The summed E-state index contributed by atoms with van der Waals surface area (Å²) in [7, 11) is -2.36. The second-order valence-corrected chi connectivity index (χ2v) is 7.13. The third-order valence-corrected chi connectivity index (χ3v) is 5.83. The summed E-state index contributed by atoms with van der Waals surface area (Å²) >= 11 is 6.29. The van der Waals surface area contributed by atoms with Crippen molar-refractivity contribution in [3.8, 4) is 0 Å². The van der Waals surface area contributed by atoms with E-state index < -0.39 is 15.8 Å². The molecule has 1 atom stereocenters. The summed E-state index contributed by atoms with van der Waals surface area (Å²) in [6, 6.07) is 3.65. The van der Waals surface area contributed by atoms with Gasteiger partial charge < -0.3 is 0 Å². The summed E-state index contributed by atoms with van der Waals surface area (Å²) < 4.78 is 39.5. The van der Waals surface area contributed by atoms with Crippen LogP contribution in [0.5, 0.6) is 0 Å². The lowest BCUT2D eigenvalue weighted by atomic mass is 10.3. The lowest BCUT2D eigenvalue weighted by molar-refractivity contribution is 0.412. The highest BCUT2D eigenvalue weighted by molar-refractivity contribution is 9.10. The van der Waals surface area contributed by atoms with E-state index in [0.29, 0.717) is 9.80 Å². The molecule has 1 unspecified atom stereocenters. The zero-order valence-electron chi connectivity index (χ0n) is 9.32. The van der Waals surface area contributed by atoms with E-state index in [1.54, 1.807) is 6.92 Å². The molecule has 0 bridgehead atoms. The van der Waals surface area contributed by atoms with Crippen molar-refractivity contribution >= 4 is 41.9 Å². The molecule has 17 heavy (non-hydrogen) atoms. The van der Waals surface area contributed by atoms with Gasteiger partial charge in [0.1, 0.15) is 10.7 Å². The van der Waals surface area contributed by atoms with E-state index in [1.165, 1.54) is 19.2 Å². The van der Waals surface area contributed by atoms with E-state index >= 15 is 0 Å². The predicted octanol–water partition coefficient (Wildman–Crippen LogP) is 2.99. The van der Waals surface area contributed by atoms with Crippen LogP contribution in [-0.2, 0) is 10.0 Å². The molecule has 1 aromatic rings. The van der Waals surface area contributed by atoms with Crippen LogP contribution in [0.15, 0.2) is 27.6 Å². The quantitative estimate of drug-likeness (QED) is 0.743. The summed E-state index contributed by atoms with van der Waals surface area (Å²) in [6.07, 6.45) is 0. The van der Waals surface area contributed by atoms with Crippen LogP contribution in [0.2, 0.25) is 0 Å². The van der Waals surface area contributed by atoms with Crippen LogP contribution in [0.25, 0.3) is 0 Å². The average molecular weight is 389 g/mol. The Kier molecular flexibility index (Phi) is 5.12. The minimum Gasteiger partial charge on any atom is -0.207 e. The monoisotopic (exact) mass is 387 g/mol. The third-order valence-electron chi connectivity index (χ3n) is 2.39. The average Bonchev–Trinajstić information content (AvgIpc) is 2.26. The summed E-state index contributed by atoms with van der Waals surface area (Å²) in [5.74, 6) is -0.756. The van der Waals surface area contributed by atoms with Crippen molar-refractivity contribution in [1.29, 1.82) is 0 Å². The predicted molar refractivity (Wildman–Crippen MR) is 72.3 cm³/mol. The summed E-state index contributed by atoms with van der Waals surface area (Å²) in [5.41, 5.74) is 0. The summed E-state index contributed by atoms with van der Waals surface area (Å²) in [4.78, 5) is -0.309. The van der Waals surface area contributed by atoms with Gasteiger partial charge in [-0.3, -0.25) is 0 Å². The second kappa shape index (κ2) is 5.77. The minimum atomic E-state index is -3.79. The van der Waals surface area contributed by atoms with Crippen molar-refractivity contribution < 1.29 is 12.8 Å². The largest absolute Gasteiger partial charge is 0.246 e. The Labute approximate surface area is 117 Å². The van der Waals surface area contributed by atoms with E-state index in [-0.39, 0.29) is 10.9 Å². The Morgan fingerprint density at radius 1 is 1.47 bits per heavy atom. The fraction of sp³-hybridized carbons (Fsp3) is 0.400. The van der Waals surface area contributed by atoms with Gasteiger partial charge in [0, 0.05) is 22.9 Å². The van der Waals surface area contributed by atoms with Crippen LogP contribution in [0.4, 0.5) is 4.39 Å². The summed E-state index contributed by atoms with van der Waals surface area (Å²) in [6.45, 7) is 1.74. The molecule has 1 aromatic carbocycles. The molecule has 0 aromatic heterocycles. The fourth-order valence-corrected chi connectivity index (χ4v) is 3.54. The minimum absolute atomic E-state index is 0.247. The Morgan fingerprint density at radius 3 is 2.53 bits per heavy atom. The third kappa shape index (κ3) is 3.27. The first-order valence-electron chi connectivity index (χ1n) is 4.79. The second-order valence-electron chi connectivity index (χ2n) is 3.60. The van der Waals surface area contributed by atoms with Crippen LogP contribution >= 0.6 is 31.9 Å². The topological polar surface area (TPSA) is 37.4 Å². The van der Waals surface area contributed by atoms with Crippen LogP contribution in [0.1, 0.15) is 6.92 Å². The van der Waals surface area contributed by atoms with Gasteiger partial charge in [0.15, 0.2) is 0 Å². The lowest BCUT2D eigenvalue weighted by Gasteiger charge is -2.22.